The summed E-state index contributed by atoms with van der Waals surface area (Å²) in [6.45, 7) is 4.04. The quantitative estimate of drug-likeness (QED) is 0.485. The lowest BCUT2D eigenvalue weighted by Gasteiger charge is -2.40. The van der Waals surface area contributed by atoms with Crippen molar-refractivity contribution in [2.45, 2.75) is 63.6 Å². The molecule has 8 heteroatoms. The topological polar surface area (TPSA) is 89.9 Å². The number of hydrogen-bond donors (Lipinski definition) is 1. The number of esters is 2. The summed E-state index contributed by atoms with van der Waals surface area (Å²) in [6.07, 6.45) is 2.34. The minimum Gasteiger partial charge on any atom is -0.477 e. The third-order valence-electron chi connectivity index (χ3n) is 6.35. The van der Waals surface area contributed by atoms with Crippen LogP contribution in [0.3, 0.4) is 0 Å². The van der Waals surface area contributed by atoms with E-state index in [9.17, 15) is 23.2 Å². The minimum absolute atomic E-state index is 0.102. The number of aliphatic carboxylic acids is 1. The van der Waals surface area contributed by atoms with E-state index in [-0.39, 0.29) is 22.6 Å². The summed E-state index contributed by atoms with van der Waals surface area (Å²) in [5, 5.41) is 8.96. The van der Waals surface area contributed by atoms with Crippen LogP contribution in [0.5, 0.6) is 0 Å². The highest BCUT2D eigenvalue weighted by Gasteiger charge is 2.51. The normalized spacial score (nSPS) is 16.5. The van der Waals surface area contributed by atoms with Crippen molar-refractivity contribution in [1.82, 2.24) is 0 Å². The van der Waals surface area contributed by atoms with Gasteiger partial charge in [0, 0.05) is 0 Å². The maximum absolute atomic E-state index is 14.3. The minimum atomic E-state index is -4.34. The highest BCUT2D eigenvalue weighted by molar-refractivity contribution is 5.93. The molecule has 1 aliphatic rings. The Kier molecular flexibility index (Phi) is 7.69. The molecule has 2 aromatic carbocycles. The fourth-order valence-electron chi connectivity index (χ4n) is 4.20. The van der Waals surface area contributed by atoms with Gasteiger partial charge < -0.3 is 14.6 Å². The van der Waals surface area contributed by atoms with E-state index in [0.717, 1.165) is 32.1 Å². The number of carbonyl (C=O) groups is 3. The van der Waals surface area contributed by atoms with E-state index >= 15 is 0 Å². The molecule has 1 fully saturated rings. The Bertz CT molecular complexity index is 1010. The SMILES string of the molecule is CC(C)C1(OC(=O)c2ccc(C(=O)OC(c3ccccc3)C(F)(F)C(=O)O)cc2)CCCCC1. The van der Waals surface area contributed by atoms with Crippen LogP contribution in [0.15, 0.2) is 54.6 Å². The summed E-state index contributed by atoms with van der Waals surface area (Å²) < 4.78 is 39.5. The zero-order chi connectivity index (χ0) is 24.9. The molecule has 1 unspecified atom stereocenters. The van der Waals surface area contributed by atoms with Gasteiger partial charge in [0.1, 0.15) is 5.60 Å². The zero-order valence-electron chi connectivity index (χ0n) is 19.1. The van der Waals surface area contributed by atoms with Crippen LogP contribution in [0, 0.1) is 5.92 Å². The first-order valence-electron chi connectivity index (χ1n) is 11.3. The maximum atomic E-state index is 14.3. The standard InChI is InChI=1S/C26H28F2O6/c1-17(2)25(15-7-4-8-16-25)34-23(30)20-13-11-19(12-14-20)22(29)33-21(26(27,28)24(31)32)18-9-5-3-6-10-18/h3,5-6,9-14,17,21H,4,7-8,15-16H2,1-2H3,(H,31,32). The van der Waals surface area contributed by atoms with Crippen molar-refractivity contribution < 1.29 is 37.7 Å². The summed E-state index contributed by atoms with van der Waals surface area (Å²) in [7, 11) is 0. The van der Waals surface area contributed by atoms with Gasteiger partial charge in [0.25, 0.3) is 0 Å². The van der Waals surface area contributed by atoms with Gasteiger partial charge >= 0.3 is 23.8 Å². The van der Waals surface area contributed by atoms with Gasteiger partial charge in [-0.3, -0.25) is 0 Å². The molecular weight excluding hydrogens is 446 g/mol. The fourth-order valence-corrected chi connectivity index (χ4v) is 4.20. The number of alkyl halides is 2. The number of carboxylic acid groups (broad SMARTS) is 1. The molecule has 1 saturated carbocycles. The average molecular weight is 475 g/mol. The Hall–Kier alpha value is -3.29. The third-order valence-corrected chi connectivity index (χ3v) is 6.35. The first-order valence-corrected chi connectivity index (χ1v) is 11.3. The number of benzene rings is 2. The summed E-state index contributed by atoms with van der Waals surface area (Å²) in [6, 6.07) is 12.2. The van der Waals surface area contributed by atoms with E-state index < -0.39 is 35.5 Å². The second kappa shape index (κ2) is 10.3. The van der Waals surface area contributed by atoms with Crippen molar-refractivity contribution in [3.63, 3.8) is 0 Å². The van der Waals surface area contributed by atoms with Crippen LogP contribution in [0.2, 0.25) is 0 Å². The second-order valence-corrected chi connectivity index (χ2v) is 8.87. The van der Waals surface area contributed by atoms with Crippen LogP contribution >= 0.6 is 0 Å². The van der Waals surface area contributed by atoms with Crippen LogP contribution in [0.1, 0.15) is 78.3 Å². The smallest absolute Gasteiger partial charge is 0.382 e. The van der Waals surface area contributed by atoms with Crippen LogP contribution in [0.4, 0.5) is 8.78 Å². The van der Waals surface area contributed by atoms with Crippen LogP contribution < -0.4 is 0 Å². The molecule has 3 rings (SSSR count). The molecule has 0 aromatic heterocycles. The molecule has 1 aliphatic carbocycles. The molecule has 1 atom stereocenters. The van der Waals surface area contributed by atoms with Crippen LogP contribution in [-0.2, 0) is 14.3 Å². The average Bonchev–Trinajstić information content (AvgIpc) is 2.83. The van der Waals surface area contributed by atoms with Crippen molar-refractivity contribution in [2.24, 2.45) is 5.92 Å². The summed E-state index contributed by atoms with van der Waals surface area (Å²) in [5.74, 6) is -8.26. The molecule has 0 radical (unpaired) electrons. The molecule has 182 valence electrons. The maximum Gasteiger partial charge on any atom is 0.382 e. The number of ether oxygens (including phenoxy) is 2. The fraction of sp³-hybridized carbons (Fsp3) is 0.423. The van der Waals surface area contributed by atoms with E-state index in [0.29, 0.717) is 0 Å². The monoisotopic (exact) mass is 474 g/mol. The first kappa shape index (κ1) is 25.3. The number of hydrogen-bond acceptors (Lipinski definition) is 5. The number of carboxylic acids is 1. The molecule has 0 amide bonds. The van der Waals surface area contributed by atoms with E-state index in [1.807, 2.05) is 13.8 Å². The highest BCUT2D eigenvalue weighted by Crippen LogP contribution is 2.38. The Labute approximate surface area is 196 Å². The summed E-state index contributed by atoms with van der Waals surface area (Å²) in [5.41, 5.74) is -0.569. The van der Waals surface area contributed by atoms with Crippen LogP contribution in [0.25, 0.3) is 0 Å². The largest absolute Gasteiger partial charge is 0.477 e. The molecule has 2 aromatic rings. The molecule has 1 N–H and O–H groups in total. The molecule has 0 spiro atoms. The third kappa shape index (κ3) is 5.43. The molecule has 0 bridgehead atoms. The van der Waals surface area contributed by atoms with Gasteiger partial charge in [-0.1, -0.05) is 50.6 Å². The molecule has 0 heterocycles. The van der Waals surface area contributed by atoms with Crippen molar-refractivity contribution in [1.29, 1.82) is 0 Å². The van der Waals surface area contributed by atoms with Gasteiger partial charge in [0.15, 0.2) is 0 Å². The van der Waals surface area contributed by atoms with Gasteiger partial charge in [-0.05, 0) is 61.4 Å². The predicted octanol–water partition coefficient (Wildman–Crippen LogP) is 5.82. The molecule has 6 nitrogen and oxygen atoms in total. The van der Waals surface area contributed by atoms with Gasteiger partial charge in [0.2, 0.25) is 6.10 Å². The second-order valence-electron chi connectivity index (χ2n) is 8.87. The number of carbonyl (C=O) groups excluding carboxylic acids is 2. The van der Waals surface area contributed by atoms with Crippen molar-refractivity contribution in [2.75, 3.05) is 0 Å². The van der Waals surface area contributed by atoms with Crippen molar-refractivity contribution in [3.05, 3.63) is 71.3 Å². The summed E-state index contributed by atoms with van der Waals surface area (Å²) in [4.78, 5) is 36.5. The Morgan fingerprint density at radius 1 is 0.882 bits per heavy atom. The lowest BCUT2D eigenvalue weighted by molar-refractivity contribution is -0.183. The summed E-state index contributed by atoms with van der Waals surface area (Å²) >= 11 is 0. The first-order chi connectivity index (χ1) is 16.1. The van der Waals surface area contributed by atoms with Gasteiger partial charge in [-0.15, -0.1) is 0 Å². The Morgan fingerprint density at radius 2 is 1.41 bits per heavy atom. The van der Waals surface area contributed by atoms with Crippen molar-refractivity contribution >= 4 is 17.9 Å². The lowest BCUT2D eigenvalue weighted by Crippen LogP contribution is -2.42. The molecule has 0 aliphatic heterocycles. The Morgan fingerprint density at radius 3 is 1.91 bits per heavy atom. The van der Waals surface area contributed by atoms with E-state index in [1.165, 1.54) is 48.5 Å². The molecule has 0 saturated heterocycles. The van der Waals surface area contributed by atoms with Gasteiger partial charge in [0.05, 0.1) is 11.1 Å². The van der Waals surface area contributed by atoms with Crippen molar-refractivity contribution in [3.8, 4) is 0 Å². The van der Waals surface area contributed by atoms with E-state index in [2.05, 4.69) is 0 Å². The van der Waals surface area contributed by atoms with Gasteiger partial charge in [-0.2, -0.15) is 8.78 Å². The molecular formula is C26H28F2O6. The lowest BCUT2D eigenvalue weighted by atomic mass is 9.77. The zero-order valence-corrected chi connectivity index (χ0v) is 19.1. The highest BCUT2D eigenvalue weighted by atomic mass is 19.3. The Balaban J connectivity index is 1.76. The van der Waals surface area contributed by atoms with Crippen LogP contribution in [-0.4, -0.2) is 34.5 Å². The number of halogens is 2. The number of rotatable bonds is 8. The van der Waals surface area contributed by atoms with E-state index in [4.69, 9.17) is 14.6 Å². The van der Waals surface area contributed by atoms with Gasteiger partial charge in [-0.25, -0.2) is 14.4 Å². The predicted molar refractivity (Wildman–Crippen MR) is 120 cm³/mol. The molecule has 34 heavy (non-hydrogen) atoms. The van der Waals surface area contributed by atoms with E-state index in [1.54, 1.807) is 6.07 Å².